The van der Waals surface area contributed by atoms with Crippen molar-refractivity contribution in [3.63, 3.8) is 0 Å². The fourth-order valence-electron chi connectivity index (χ4n) is 2.05. The molecule has 1 aromatic rings. The highest BCUT2D eigenvalue weighted by Gasteiger charge is 2.15. The van der Waals surface area contributed by atoms with Crippen molar-refractivity contribution < 1.29 is 19.1 Å². The molecule has 0 saturated carbocycles. The van der Waals surface area contributed by atoms with Crippen LogP contribution in [0.2, 0.25) is 0 Å². The predicted octanol–water partition coefficient (Wildman–Crippen LogP) is 1.80. The molecule has 5 nitrogen and oxygen atoms in total. The minimum atomic E-state index is -0.956. The maximum absolute atomic E-state index is 12.8. The lowest BCUT2D eigenvalue weighted by Gasteiger charge is -2.21. The molecule has 0 aliphatic heterocycles. The number of amides is 1. The van der Waals surface area contributed by atoms with Crippen molar-refractivity contribution in [3.05, 3.63) is 35.6 Å². The molecule has 6 heteroatoms. The number of benzene rings is 1. The number of nitrogens with one attached hydrogen (secondary N) is 1. The van der Waals surface area contributed by atoms with Gasteiger partial charge in [0, 0.05) is 0 Å². The topological polar surface area (TPSA) is 69.6 Å². The molecular formula is C15H21FN2O3. The number of carboxylic acids is 1. The molecule has 1 aromatic carbocycles. The summed E-state index contributed by atoms with van der Waals surface area (Å²) >= 11 is 0. The van der Waals surface area contributed by atoms with E-state index < -0.39 is 5.97 Å². The Bertz CT molecular complexity index is 476. The van der Waals surface area contributed by atoms with E-state index in [0.717, 1.165) is 12.0 Å². The van der Waals surface area contributed by atoms with Crippen LogP contribution in [0.5, 0.6) is 0 Å². The van der Waals surface area contributed by atoms with Crippen LogP contribution in [0.4, 0.5) is 4.39 Å². The minimum Gasteiger partial charge on any atom is -0.480 e. The van der Waals surface area contributed by atoms with E-state index in [4.69, 9.17) is 5.11 Å². The van der Waals surface area contributed by atoms with Gasteiger partial charge in [0.05, 0.1) is 19.1 Å². The standard InChI is InChI=1S/C15H21FN2O3/c1-3-8-18(10-15(20)21)9-14(19)17-11(2)12-4-6-13(16)7-5-12/h4-7,11H,3,8-10H2,1-2H3,(H,17,19)(H,20,21). The molecule has 0 bridgehead atoms. The summed E-state index contributed by atoms with van der Waals surface area (Å²) in [6.45, 7) is 4.14. The second-order valence-electron chi connectivity index (χ2n) is 4.95. The van der Waals surface area contributed by atoms with Gasteiger partial charge in [0.2, 0.25) is 5.91 Å². The first-order chi connectivity index (χ1) is 9.92. The Hall–Kier alpha value is -1.95. The van der Waals surface area contributed by atoms with Gasteiger partial charge in [0.25, 0.3) is 0 Å². The highest BCUT2D eigenvalue weighted by atomic mass is 19.1. The number of halogens is 1. The lowest BCUT2D eigenvalue weighted by atomic mass is 10.1. The van der Waals surface area contributed by atoms with Crippen LogP contribution in [0.25, 0.3) is 0 Å². The predicted molar refractivity (Wildman–Crippen MR) is 77.3 cm³/mol. The third-order valence-electron chi connectivity index (χ3n) is 3.01. The second kappa shape index (κ2) is 8.36. The van der Waals surface area contributed by atoms with Crippen molar-refractivity contribution in [1.82, 2.24) is 10.2 Å². The summed E-state index contributed by atoms with van der Waals surface area (Å²) in [5.41, 5.74) is 0.796. The summed E-state index contributed by atoms with van der Waals surface area (Å²) in [6, 6.07) is 5.65. The molecule has 0 spiro atoms. The van der Waals surface area contributed by atoms with Gasteiger partial charge in [-0.05, 0) is 37.6 Å². The zero-order chi connectivity index (χ0) is 15.8. The van der Waals surface area contributed by atoms with Gasteiger partial charge in [0.15, 0.2) is 0 Å². The fourth-order valence-corrected chi connectivity index (χ4v) is 2.05. The summed E-state index contributed by atoms with van der Waals surface area (Å²) in [6.07, 6.45) is 0.772. The van der Waals surface area contributed by atoms with Crippen LogP contribution in [-0.2, 0) is 9.59 Å². The maximum Gasteiger partial charge on any atom is 0.317 e. The van der Waals surface area contributed by atoms with Crippen molar-refractivity contribution in [2.24, 2.45) is 0 Å². The molecule has 1 unspecified atom stereocenters. The third-order valence-corrected chi connectivity index (χ3v) is 3.01. The van der Waals surface area contributed by atoms with Gasteiger partial charge in [-0.1, -0.05) is 19.1 Å². The minimum absolute atomic E-state index is 0.0334. The molecule has 1 amide bonds. The van der Waals surface area contributed by atoms with Crippen LogP contribution in [0.15, 0.2) is 24.3 Å². The lowest BCUT2D eigenvalue weighted by Crippen LogP contribution is -2.40. The molecule has 2 N–H and O–H groups in total. The summed E-state index contributed by atoms with van der Waals surface area (Å²) in [7, 11) is 0. The van der Waals surface area contributed by atoms with Gasteiger partial charge < -0.3 is 10.4 Å². The smallest absolute Gasteiger partial charge is 0.317 e. The highest BCUT2D eigenvalue weighted by Crippen LogP contribution is 2.12. The van der Waals surface area contributed by atoms with Crippen molar-refractivity contribution in [1.29, 1.82) is 0 Å². The van der Waals surface area contributed by atoms with Gasteiger partial charge >= 0.3 is 5.97 Å². The number of carbonyl (C=O) groups excluding carboxylic acids is 1. The van der Waals surface area contributed by atoms with Crippen LogP contribution in [0.3, 0.4) is 0 Å². The van der Waals surface area contributed by atoms with Gasteiger partial charge in [0.1, 0.15) is 5.82 Å². The molecule has 21 heavy (non-hydrogen) atoms. The Morgan fingerprint density at radius 2 is 1.90 bits per heavy atom. The zero-order valence-electron chi connectivity index (χ0n) is 12.3. The molecule has 0 aromatic heterocycles. The van der Waals surface area contributed by atoms with Gasteiger partial charge in [-0.3, -0.25) is 14.5 Å². The molecule has 116 valence electrons. The Balaban J connectivity index is 2.54. The molecule has 0 aliphatic rings. The van der Waals surface area contributed by atoms with E-state index >= 15 is 0 Å². The molecular weight excluding hydrogens is 275 g/mol. The Morgan fingerprint density at radius 1 is 1.29 bits per heavy atom. The van der Waals surface area contributed by atoms with E-state index in [2.05, 4.69) is 5.32 Å². The first-order valence-corrected chi connectivity index (χ1v) is 6.91. The van der Waals surface area contributed by atoms with E-state index in [0.29, 0.717) is 6.54 Å². The number of carboxylic acid groups (broad SMARTS) is 1. The van der Waals surface area contributed by atoms with E-state index in [1.165, 1.54) is 12.1 Å². The SMILES string of the molecule is CCCN(CC(=O)O)CC(=O)NC(C)c1ccc(F)cc1. The van der Waals surface area contributed by atoms with Crippen LogP contribution >= 0.6 is 0 Å². The average Bonchev–Trinajstić information content (AvgIpc) is 2.38. The quantitative estimate of drug-likeness (QED) is 0.767. The van der Waals surface area contributed by atoms with E-state index in [1.807, 2.05) is 6.92 Å². The number of aliphatic carboxylic acids is 1. The first kappa shape index (κ1) is 17.1. The number of hydrogen-bond acceptors (Lipinski definition) is 3. The van der Waals surface area contributed by atoms with Gasteiger partial charge in [-0.2, -0.15) is 0 Å². The number of hydrogen-bond donors (Lipinski definition) is 2. The monoisotopic (exact) mass is 296 g/mol. The fraction of sp³-hybridized carbons (Fsp3) is 0.467. The summed E-state index contributed by atoms with van der Waals surface area (Å²) in [5.74, 6) is -1.53. The highest BCUT2D eigenvalue weighted by molar-refractivity contribution is 5.79. The van der Waals surface area contributed by atoms with Crippen LogP contribution in [-0.4, -0.2) is 41.5 Å². The molecule has 0 fully saturated rings. The summed E-state index contributed by atoms with van der Waals surface area (Å²) < 4.78 is 12.8. The van der Waals surface area contributed by atoms with Crippen LogP contribution < -0.4 is 5.32 Å². The molecule has 0 saturated heterocycles. The lowest BCUT2D eigenvalue weighted by molar-refractivity contribution is -0.138. The Kier molecular flexibility index (Phi) is 6.81. The normalized spacial score (nSPS) is 12.2. The average molecular weight is 296 g/mol. The second-order valence-corrected chi connectivity index (χ2v) is 4.95. The Labute approximate surface area is 123 Å². The van der Waals surface area contributed by atoms with E-state index in [9.17, 15) is 14.0 Å². The number of carbonyl (C=O) groups is 2. The molecule has 1 atom stereocenters. The van der Waals surface area contributed by atoms with Crippen LogP contribution in [0.1, 0.15) is 31.9 Å². The summed E-state index contributed by atoms with van der Waals surface area (Å²) in [4.78, 5) is 24.3. The molecule has 1 rings (SSSR count). The van der Waals surface area contributed by atoms with Crippen molar-refractivity contribution in [3.8, 4) is 0 Å². The Morgan fingerprint density at radius 3 is 2.43 bits per heavy atom. The van der Waals surface area contributed by atoms with Crippen molar-refractivity contribution in [2.45, 2.75) is 26.3 Å². The van der Waals surface area contributed by atoms with Gasteiger partial charge in [-0.25, -0.2) is 4.39 Å². The largest absolute Gasteiger partial charge is 0.480 e. The first-order valence-electron chi connectivity index (χ1n) is 6.91. The van der Waals surface area contributed by atoms with E-state index in [1.54, 1.807) is 24.0 Å². The van der Waals surface area contributed by atoms with Gasteiger partial charge in [-0.15, -0.1) is 0 Å². The third kappa shape index (κ3) is 6.35. The molecule has 0 radical (unpaired) electrons. The molecule has 0 aliphatic carbocycles. The van der Waals surface area contributed by atoms with E-state index in [-0.39, 0.29) is 30.9 Å². The zero-order valence-corrected chi connectivity index (χ0v) is 12.3. The maximum atomic E-state index is 12.8. The molecule has 0 heterocycles. The summed E-state index contributed by atoms with van der Waals surface area (Å²) in [5, 5.41) is 11.6. The number of nitrogens with zero attached hydrogens (tertiary/aromatic N) is 1. The van der Waals surface area contributed by atoms with Crippen molar-refractivity contribution >= 4 is 11.9 Å². The van der Waals surface area contributed by atoms with Crippen LogP contribution in [0, 0.1) is 5.82 Å². The van der Waals surface area contributed by atoms with Crippen molar-refractivity contribution in [2.75, 3.05) is 19.6 Å². The number of rotatable bonds is 8.